The van der Waals surface area contributed by atoms with Crippen molar-refractivity contribution in [1.82, 2.24) is 10.0 Å². The van der Waals surface area contributed by atoms with Crippen LogP contribution in [0.4, 0.5) is 0 Å². The van der Waals surface area contributed by atoms with Crippen LogP contribution in [-0.4, -0.2) is 20.4 Å². The summed E-state index contributed by atoms with van der Waals surface area (Å²) < 4.78 is 27.8. The molecule has 0 saturated carbocycles. The monoisotopic (exact) mass is 410 g/mol. The fourth-order valence-corrected chi connectivity index (χ4v) is 4.05. The largest absolute Gasteiger partial charge is 0.348 e. The lowest BCUT2D eigenvalue weighted by atomic mass is 10.1. The van der Waals surface area contributed by atoms with Gasteiger partial charge in [-0.1, -0.05) is 52.3 Å². The molecular weight excluding hydrogens is 392 g/mol. The molecular formula is C17H19BrN2O3S. The summed E-state index contributed by atoms with van der Waals surface area (Å²) in [4.78, 5) is 12.4. The van der Waals surface area contributed by atoms with Crippen LogP contribution in [0.25, 0.3) is 0 Å². The number of carbonyl (C=O) groups excluding carboxylic acids is 1. The predicted octanol–water partition coefficient (Wildman–Crippen LogP) is 2.99. The van der Waals surface area contributed by atoms with Crippen molar-refractivity contribution in [3.8, 4) is 0 Å². The maximum absolute atomic E-state index is 12.3. The highest BCUT2D eigenvalue weighted by Gasteiger charge is 2.23. The van der Waals surface area contributed by atoms with Crippen LogP contribution >= 0.6 is 15.9 Å². The molecule has 0 aliphatic heterocycles. The molecule has 0 aromatic heterocycles. The minimum Gasteiger partial charge on any atom is -0.348 e. The minimum atomic E-state index is -3.73. The summed E-state index contributed by atoms with van der Waals surface area (Å²) in [6, 6.07) is 14.4. The van der Waals surface area contributed by atoms with E-state index in [9.17, 15) is 13.2 Å². The maximum Gasteiger partial charge on any atom is 0.241 e. The Balaban J connectivity index is 2.04. The van der Waals surface area contributed by atoms with Crippen LogP contribution in [-0.2, 0) is 14.8 Å². The second kappa shape index (κ2) is 7.92. The summed E-state index contributed by atoms with van der Waals surface area (Å²) in [5, 5.41) is 2.81. The summed E-state index contributed by atoms with van der Waals surface area (Å²) >= 11 is 3.44. The third kappa shape index (κ3) is 4.66. The number of amides is 1. The lowest BCUT2D eigenvalue weighted by molar-refractivity contribution is -0.123. The standard InChI is InChI=1S/C17H19BrN2O3S/c1-12(15-10-6-7-11-16(15)18)19-17(21)13(2)20-24(22,23)14-8-4-3-5-9-14/h3-13,20H,1-2H3,(H,19,21). The third-order valence-corrected chi connectivity index (χ3v) is 5.79. The van der Waals surface area contributed by atoms with E-state index in [0.29, 0.717) is 0 Å². The Kier molecular flexibility index (Phi) is 6.15. The minimum absolute atomic E-state index is 0.128. The molecule has 128 valence electrons. The van der Waals surface area contributed by atoms with Gasteiger partial charge in [0.15, 0.2) is 0 Å². The quantitative estimate of drug-likeness (QED) is 0.768. The second-order valence-electron chi connectivity index (χ2n) is 5.41. The molecule has 2 N–H and O–H groups in total. The first-order valence-corrected chi connectivity index (χ1v) is 9.71. The zero-order valence-corrected chi connectivity index (χ0v) is 15.8. The number of hydrogen-bond donors (Lipinski definition) is 2. The van der Waals surface area contributed by atoms with E-state index in [-0.39, 0.29) is 10.9 Å². The van der Waals surface area contributed by atoms with E-state index >= 15 is 0 Å². The van der Waals surface area contributed by atoms with Gasteiger partial charge in [0.2, 0.25) is 15.9 Å². The first-order chi connectivity index (χ1) is 11.3. The lowest BCUT2D eigenvalue weighted by Gasteiger charge is -2.19. The highest BCUT2D eigenvalue weighted by Crippen LogP contribution is 2.22. The van der Waals surface area contributed by atoms with E-state index in [0.717, 1.165) is 10.0 Å². The molecule has 0 fully saturated rings. The molecule has 0 radical (unpaired) electrons. The van der Waals surface area contributed by atoms with E-state index < -0.39 is 22.0 Å². The molecule has 24 heavy (non-hydrogen) atoms. The molecule has 2 aromatic rings. The van der Waals surface area contributed by atoms with Gasteiger partial charge < -0.3 is 5.32 Å². The molecule has 0 saturated heterocycles. The van der Waals surface area contributed by atoms with Crippen LogP contribution in [0.3, 0.4) is 0 Å². The predicted molar refractivity (Wildman–Crippen MR) is 96.9 cm³/mol. The molecule has 2 aromatic carbocycles. The molecule has 0 heterocycles. The van der Waals surface area contributed by atoms with Crippen molar-refractivity contribution in [3.05, 3.63) is 64.6 Å². The summed E-state index contributed by atoms with van der Waals surface area (Å²) in [5.41, 5.74) is 0.920. The molecule has 0 aliphatic carbocycles. The number of hydrogen-bond acceptors (Lipinski definition) is 3. The normalized spacial score (nSPS) is 14.0. The van der Waals surface area contributed by atoms with E-state index in [1.807, 2.05) is 31.2 Å². The number of benzene rings is 2. The van der Waals surface area contributed by atoms with Gasteiger partial charge in [-0.05, 0) is 37.6 Å². The van der Waals surface area contributed by atoms with Crippen molar-refractivity contribution in [2.24, 2.45) is 0 Å². The summed E-state index contributed by atoms with van der Waals surface area (Å²) in [6.07, 6.45) is 0. The highest BCUT2D eigenvalue weighted by molar-refractivity contribution is 9.10. The number of carbonyl (C=O) groups is 1. The van der Waals surface area contributed by atoms with Crippen molar-refractivity contribution in [2.45, 2.75) is 30.8 Å². The smallest absolute Gasteiger partial charge is 0.241 e. The van der Waals surface area contributed by atoms with E-state index in [2.05, 4.69) is 26.0 Å². The zero-order valence-electron chi connectivity index (χ0n) is 13.4. The fourth-order valence-electron chi connectivity index (χ4n) is 2.20. The van der Waals surface area contributed by atoms with Gasteiger partial charge in [-0.15, -0.1) is 0 Å². The van der Waals surface area contributed by atoms with Gasteiger partial charge in [-0.3, -0.25) is 4.79 Å². The van der Waals surface area contributed by atoms with Crippen molar-refractivity contribution in [1.29, 1.82) is 0 Å². The summed E-state index contributed by atoms with van der Waals surface area (Å²) in [6.45, 7) is 3.36. The van der Waals surface area contributed by atoms with Gasteiger partial charge in [-0.25, -0.2) is 8.42 Å². The molecule has 7 heteroatoms. The number of sulfonamides is 1. The van der Waals surface area contributed by atoms with E-state index in [1.54, 1.807) is 18.2 Å². The van der Waals surface area contributed by atoms with Crippen LogP contribution in [0.1, 0.15) is 25.5 Å². The van der Waals surface area contributed by atoms with Gasteiger partial charge in [0.25, 0.3) is 0 Å². The van der Waals surface area contributed by atoms with Gasteiger partial charge in [0.05, 0.1) is 17.0 Å². The Morgan fingerprint density at radius 3 is 2.21 bits per heavy atom. The van der Waals surface area contributed by atoms with E-state index in [1.165, 1.54) is 19.1 Å². The zero-order chi connectivity index (χ0) is 17.7. The molecule has 2 rings (SSSR count). The highest BCUT2D eigenvalue weighted by atomic mass is 79.9. The molecule has 0 aliphatic rings. The average molecular weight is 411 g/mol. The number of halogens is 1. The first-order valence-electron chi connectivity index (χ1n) is 7.43. The Labute approximate surface area is 150 Å². The van der Waals surface area contributed by atoms with Crippen molar-refractivity contribution >= 4 is 31.9 Å². The molecule has 2 atom stereocenters. The average Bonchev–Trinajstić information content (AvgIpc) is 2.55. The van der Waals surface area contributed by atoms with Crippen LogP contribution in [0.5, 0.6) is 0 Å². The van der Waals surface area contributed by atoms with Crippen LogP contribution in [0, 0.1) is 0 Å². The topological polar surface area (TPSA) is 75.3 Å². The number of rotatable bonds is 6. The Morgan fingerprint density at radius 1 is 1.00 bits per heavy atom. The van der Waals surface area contributed by atoms with Gasteiger partial charge in [-0.2, -0.15) is 4.72 Å². The van der Waals surface area contributed by atoms with Gasteiger partial charge in [0, 0.05) is 4.47 Å². The third-order valence-electron chi connectivity index (χ3n) is 3.51. The molecule has 5 nitrogen and oxygen atoms in total. The molecule has 1 amide bonds. The fraction of sp³-hybridized carbons (Fsp3) is 0.235. The Bertz CT molecular complexity index is 810. The lowest BCUT2D eigenvalue weighted by Crippen LogP contribution is -2.45. The van der Waals surface area contributed by atoms with Gasteiger partial charge >= 0.3 is 0 Å². The van der Waals surface area contributed by atoms with E-state index in [4.69, 9.17) is 0 Å². The van der Waals surface area contributed by atoms with Gasteiger partial charge in [0.1, 0.15) is 0 Å². The summed E-state index contributed by atoms with van der Waals surface area (Å²) in [7, 11) is -3.73. The second-order valence-corrected chi connectivity index (χ2v) is 7.98. The molecule has 2 unspecified atom stereocenters. The van der Waals surface area contributed by atoms with Crippen molar-refractivity contribution in [3.63, 3.8) is 0 Å². The van der Waals surface area contributed by atoms with Crippen LogP contribution < -0.4 is 10.0 Å². The van der Waals surface area contributed by atoms with Crippen LogP contribution in [0.2, 0.25) is 0 Å². The maximum atomic E-state index is 12.3. The number of nitrogens with one attached hydrogen (secondary N) is 2. The molecule has 0 spiro atoms. The Morgan fingerprint density at radius 2 is 1.58 bits per heavy atom. The van der Waals surface area contributed by atoms with Crippen molar-refractivity contribution in [2.75, 3.05) is 0 Å². The first kappa shape index (κ1) is 18.6. The summed E-state index contributed by atoms with van der Waals surface area (Å²) in [5.74, 6) is -0.391. The SMILES string of the molecule is CC(NS(=O)(=O)c1ccccc1)C(=O)NC(C)c1ccccc1Br. The molecule has 0 bridgehead atoms. The van der Waals surface area contributed by atoms with Crippen molar-refractivity contribution < 1.29 is 13.2 Å². The van der Waals surface area contributed by atoms with Crippen LogP contribution in [0.15, 0.2) is 64.0 Å². The Hall–Kier alpha value is -1.70.